The second-order valence-corrected chi connectivity index (χ2v) is 3.16. The molecule has 0 saturated heterocycles. The van der Waals surface area contributed by atoms with E-state index in [1.807, 2.05) is 6.92 Å². The minimum atomic E-state index is -0.312. The van der Waals surface area contributed by atoms with E-state index in [0.717, 1.165) is 12.0 Å². The van der Waals surface area contributed by atoms with E-state index in [9.17, 15) is 4.79 Å². The highest BCUT2D eigenvalue weighted by Crippen LogP contribution is 1.98. The van der Waals surface area contributed by atoms with Crippen molar-refractivity contribution in [3.63, 3.8) is 0 Å². The maximum Gasteiger partial charge on any atom is 0.333 e. The van der Waals surface area contributed by atoms with Crippen molar-refractivity contribution in [2.45, 2.75) is 20.3 Å². The van der Waals surface area contributed by atoms with Crippen molar-refractivity contribution in [2.24, 2.45) is 0 Å². The highest BCUT2D eigenvalue weighted by Gasteiger charge is 2.00. The van der Waals surface area contributed by atoms with Gasteiger partial charge in [0.15, 0.2) is 0 Å². The van der Waals surface area contributed by atoms with Gasteiger partial charge in [0.05, 0.1) is 20.3 Å². The molecule has 0 atom stereocenters. The minimum Gasteiger partial charge on any atom is -0.466 e. The number of hydrogen-bond acceptors (Lipinski definition) is 3. The SMILES string of the molecule is C=C(C)CCOCC=C(C)C(=O)OC. The van der Waals surface area contributed by atoms with Crippen LogP contribution in [0.3, 0.4) is 0 Å². The Hall–Kier alpha value is -1.09. The molecule has 3 heteroatoms. The topological polar surface area (TPSA) is 35.5 Å². The summed E-state index contributed by atoms with van der Waals surface area (Å²) in [5.74, 6) is -0.312. The third-order valence-corrected chi connectivity index (χ3v) is 1.69. The molecule has 14 heavy (non-hydrogen) atoms. The van der Waals surface area contributed by atoms with Gasteiger partial charge in [-0.2, -0.15) is 0 Å². The first-order chi connectivity index (χ1) is 6.57. The molecule has 0 aliphatic carbocycles. The van der Waals surface area contributed by atoms with Crippen LogP contribution in [0.4, 0.5) is 0 Å². The molecule has 0 spiro atoms. The van der Waals surface area contributed by atoms with E-state index in [0.29, 0.717) is 18.8 Å². The molecule has 0 aliphatic heterocycles. The number of ether oxygens (including phenoxy) is 2. The average molecular weight is 198 g/mol. The monoisotopic (exact) mass is 198 g/mol. The van der Waals surface area contributed by atoms with Crippen LogP contribution in [0.15, 0.2) is 23.8 Å². The molecule has 0 N–H and O–H groups in total. The lowest BCUT2D eigenvalue weighted by atomic mass is 10.2. The Balaban J connectivity index is 3.61. The van der Waals surface area contributed by atoms with Gasteiger partial charge in [0, 0.05) is 5.57 Å². The molecule has 0 rings (SSSR count). The number of carbonyl (C=O) groups is 1. The molecule has 0 amide bonds. The molecule has 0 aliphatic rings. The Kier molecular flexibility index (Phi) is 6.76. The van der Waals surface area contributed by atoms with Crippen molar-refractivity contribution < 1.29 is 14.3 Å². The first-order valence-corrected chi connectivity index (χ1v) is 4.55. The summed E-state index contributed by atoms with van der Waals surface area (Å²) >= 11 is 0. The van der Waals surface area contributed by atoms with Crippen LogP contribution >= 0.6 is 0 Å². The molecule has 0 fully saturated rings. The summed E-state index contributed by atoms with van der Waals surface area (Å²) in [6.07, 6.45) is 2.56. The molecule has 0 heterocycles. The Morgan fingerprint density at radius 1 is 1.43 bits per heavy atom. The van der Waals surface area contributed by atoms with Gasteiger partial charge in [-0.3, -0.25) is 0 Å². The number of rotatable bonds is 6. The lowest BCUT2D eigenvalue weighted by Gasteiger charge is -2.01. The van der Waals surface area contributed by atoms with E-state index in [1.165, 1.54) is 7.11 Å². The zero-order chi connectivity index (χ0) is 11.0. The highest BCUT2D eigenvalue weighted by atomic mass is 16.5. The Morgan fingerprint density at radius 3 is 2.57 bits per heavy atom. The van der Waals surface area contributed by atoms with Crippen molar-refractivity contribution in [1.29, 1.82) is 0 Å². The van der Waals surface area contributed by atoms with Crippen molar-refractivity contribution in [3.05, 3.63) is 23.8 Å². The first kappa shape index (κ1) is 12.9. The highest BCUT2D eigenvalue weighted by molar-refractivity contribution is 5.87. The van der Waals surface area contributed by atoms with E-state index in [1.54, 1.807) is 13.0 Å². The number of carbonyl (C=O) groups excluding carboxylic acids is 1. The van der Waals surface area contributed by atoms with Crippen molar-refractivity contribution >= 4 is 5.97 Å². The van der Waals surface area contributed by atoms with Crippen molar-refractivity contribution in [1.82, 2.24) is 0 Å². The summed E-state index contributed by atoms with van der Waals surface area (Å²) in [5.41, 5.74) is 1.67. The van der Waals surface area contributed by atoms with Gasteiger partial charge in [-0.05, 0) is 26.3 Å². The van der Waals surface area contributed by atoms with E-state index < -0.39 is 0 Å². The van der Waals surface area contributed by atoms with Gasteiger partial charge in [-0.15, -0.1) is 6.58 Å². The Morgan fingerprint density at radius 2 is 2.07 bits per heavy atom. The van der Waals surface area contributed by atoms with Gasteiger partial charge in [-0.1, -0.05) is 5.57 Å². The average Bonchev–Trinajstić information content (AvgIpc) is 2.15. The third-order valence-electron chi connectivity index (χ3n) is 1.69. The number of esters is 1. The van der Waals surface area contributed by atoms with E-state index in [2.05, 4.69) is 11.3 Å². The fourth-order valence-electron chi connectivity index (χ4n) is 0.758. The predicted octanol–water partition coefficient (Wildman–Crippen LogP) is 2.09. The van der Waals surface area contributed by atoms with Gasteiger partial charge in [0.1, 0.15) is 0 Å². The summed E-state index contributed by atoms with van der Waals surface area (Å²) in [6.45, 7) is 8.50. The second kappa shape index (κ2) is 7.33. The molecule has 0 aromatic heterocycles. The molecule has 0 bridgehead atoms. The van der Waals surface area contributed by atoms with Crippen LogP contribution in [-0.2, 0) is 14.3 Å². The van der Waals surface area contributed by atoms with E-state index >= 15 is 0 Å². The maximum atomic E-state index is 10.9. The Labute approximate surface area is 85.4 Å². The number of methoxy groups -OCH3 is 1. The third kappa shape index (κ3) is 6.43. The van der Waals surface area contributed by atoms with Crippen LogP contribution in [0.5, 0.6) is 0 Å². The van der Waals surface area contributed by atoms with Crippen LogP contribution in [0.25, 0.3) is 0 Å². The van der Waals surface area contributed by atoms with E-state index in [-0.39, 0.29) is 5.97 Å². The van der Waals surface area contributed by atoms with Crippen LogP contribution in [0.1, 0.15) is 20.3 Å². The van der Waals surface area contributed by atoms with Crippen LogP contribution in [0, 0.1) is 0 Å². The van der Waals surface area contributed by atoms with Crippen LogP contribution in [0.2, 0.25) is 0 Å². The van der Waals surface area contributed by atoms with E-state index in [4.69, 9.17) is 4.74 Å². The smallest absolute Gasteiger partial charge is 0.333 e. The van der Waals surface area contributed by atoms with Gasteiger partial charge in [-0.25, -0.2) is 4.79 Å². The molecule has 0 aromatic carbocycles. The summed E-state index contributed by atoms with van der Waals surface area (Å²) in [6, 6.07) is 0. The normalized spacial score (nSPS) is 11.2. The lowest BCUT2D eigenvalue weighted by molar-refractivity contribution is -0.136. The van der Waals surface area contributed by atoms with Crippen molar-refractivity contribution in [2.75, 3.05) is 20.3 Å². The second-order valence-electron chi connectivity index (χ2n) is 3.16. The standard InChI is InChI=1S/C11H18O3/c1-9(2)5-7-14-8-6-10(3)11(12)13-4/h6H,1,5,7-8H2,2-4H3. The summed E-state index contributed by atoms with van der Waals surface area (Å²) in [4.78, 5) is 10.9. The molecule has 0 radical (unpaired) electrons. The zero-order valence-corrected chi connectivity index (χ0v) is 9.13. The van der Waals surface area contributed by atoms with Crippen LogP contribution < -0.4 is 0 Å². The molecular weight excluding hydrogens is 180 g/mol. The minimum absolute atomic E-state index is 0.312. The maximum absolute atomic E-state index is 10.9. The Bertz CT molecular complexity index is 229. The number of hydrogen-bond donors (Lipinski definition) is 0. The largest absolute Gasteiger partial charge is 0.466 e. The van der Waals surface area contributed by atoms with Crippen molar-refractivity contribution in [3.8, 4) is 0 Å². The molecule has 0 unspecified atom stereocenters. The van der Waals surface area contributed by atoms with Gasteiger partial charge >= 0.3 is 5.97 Å². The molecule has 0 saturated carbocycles. The lowest BCUT2D eigenvalue weighted by Crippen LogP contribution is -2.03. The predicted molar refractivity (Wildman–Crippen MR) is 56.0 cm³/mol. The molecule has 80 valence electrons. The molecule has 3 nitrogen and oxygen atoms in total. The van der Waals surface area contributed by atoms with Gasteiger partial charge in [0.25, 0.3) is 0 Å². The zero-order valence-electron chi connectivity index (χ0n) is 9.13. The fraction of sp³-hybridized carbons (Fsp3) is 0.545. The van der Waals surface area contributed by atoms with Gasteiger partial charge in [0.2, 0.25) is 0 Å². The molecule has 0 aromatic rings. The van der Waals surface area contributed by atoms with Crippen LogP contribution in [-0.4, -0.2) is 26.3 Å². The summed E-state index contributed by atoms with van der Waals surface area (Å²) in [7, 11) is 1.36. The summed E-state index contributed by atoms with van der Waals surface area (Å²) in [5, 5.41) is 0. The summed E-state index contributed by atoms with van der Waals surface area (Å²) < 4.78 is 9.80. The fourth-order valence-corrected chi connectivity index (χ4v) is 0.758. The molecular formula is C11H18O3. The first-order valence-electron chi connectivity index (χ1n) is 4.55. The van der Waals surface area contributed by atoms with Gasteiger partial charge < -0.3 is 9.47 Å². The quantitative estimate of drug-likeness (QED) is 0.284.